The molecule has 5 heteroatoms. The highest BCUT2D eigenvalue weighted by Crippen LogP contribution is 2.13. The summed E-state index contributed by atoms with van der Waals surface area (Å²) in [7, 11) is -3.23. The number of carbonyl (C=O) groups is 1. The maximum Gasteiger partial charge on any atom is 0.194 e. The molecule has 0 unspecified atom stereocenters. The third-order valence-corrected chi connectivity index (χ3v) is 3.60. The second-order valence-electron chi connectivity index (χ2n) is 3.87. The van der Waals surface area contributed by atoms with Crippen LogP contribution in [0.5, 0.6) is 0 Å². The topological polar surface area (TPSA) is 64.1 Å². The number of rotatable bonds is 3. The molecule has 0 saturated carbocycles. The van der Waals surface area contributed by atoms with Gasteiger partial charge in [-0.1, -0.05) is 0 Å². The van der Waals surface area contributed by atoms with Crippen molar-refractivity contribution < 1.29 is 13.2 Å². The SMILES string of the molecule is CS(=O)(=O)c1ccc(C(=O)c2cccnc2)cc1. The standard InChI is InChI=1S/C13H11NO3S/c1-18(16,17)12-6-4-10(5-7-12)13(15)11-3-2-8-14-9-11/h2-9H,1H3. The van der Waals surface area contributed by atoms with Gasteiger partial charge >= 0.3 is 0 Å². The van der Waals surface area contributed by atoms with E-state index in [1.54, 1.807) is 18.3 Å². The summed E-state index contributed by atoms with van der Waals surface area (Å²) in [6.07, 6.45) is 4.20. The third-order valence-electron chi connectivity index (χ3n) is 2.47. The molecule has 2 rings (SSSR count). The molecule has 0 radical (unpaired) electrons. The zero-order valence-corrected chi connectivity index (χ0v) is 10.5. The van der Waals surface area contributed by atoms with Gasteiger partial charge in [0.1, 0.15) is 0 Å². The molecule has 0 amide bonds. The number of benzene rings is 1. The average Bonchev–Trinajstić information content (AvgIpc) is 2.38. The van der Waals surface area contributed by atoms with E-state index in [4.69, 9.17) is 0 Å². The minimum atomic E-state index is -3.23. The summed E-state index contributed by atoms with van der Waals surface area (Å²) in [6.45, 7) is 0. The first-order valence-corrected chi connectivity index (χ1v) is 7.12. The summed E-state index contributed by atoms with van der Waals surface area (Å²) >= 11 is 0. The molecule has 18 heavy (non-hydrogen) atoms. The van der Waals surface area contributed by atoms with Gasteiger partial charge in [0.25, 0.3) is 0 Å². The summed E-state index contributed by atoms with van der Waals surface area (Å²) in [5, 5.41) is 0. The van der Waals surface area contributed by atoms with Crippen LogP contribution in [0.3, 0.4) is 0 Å². The van der Waals surface area contributed by atoms with Gasteiger partial charge in [-0.05, 0) is 36.4 Å². The van der Waals surface area contributed by atoms with Gasteiger partial charge in [0.05, 0.1) is 4.90 Å². The van der Waals surface area contributed by atoms with Gasteiger partial charge in [-0.15, -0.1) is 0 Å². The summed E-state index contributed by atoms with van der Waals surface area (Å²) in [5.74, 6) is -0.178. The molecule has 4 nitrogen and oxygen atoms in total. The molecule has 0 aliphatic heterocycles. The number of hydrogen-bond acceptors (Lipinski definition) is 4. The minimum Gasteiger partial charge on any atom is -0.289 e. The fourth-order valence-electron chi connectivity index (χ4n) is 1.52. The number of nitrogens with zero attached hydrogens (tertiary/aromatic N) is 1. The number of carbonyl (C=O) groups excluding carboxylic acids is 1. The van der Waals surface area contributed by atoms with Crippen LogP contribution >= 0.6 is 0 Å². The fraction of sp³-hybridized carbons (Fsp3) is 0.0769. The largest absolute Gasteiger partial charge is 0.289 e. The lowest BCUT2D eigenvalue weighted by Gasteiger charge is -2.02. The van der Waals surface area contributed by atoms with Crippen LogP contribution in [0.2, 0.25) is 0 Å². The average molecular weight is 261 g/mol. The second-order valence-corrected chi connectivity index (χ2v) is 5.88. The van der Waals surface area contributed by atoms with Crippen molar-refractivity contribution in [1.29, 1.82) is 0 Å². The van der Waals surface area contributed by atoms with Crippen LogP contribution < -0.4 is 0 Å². The van der Waals surface area contributed by atoms with Crippen molar-refractivity contribution >= 4 is 15.6 Å². The van der Waals surface area contributed by atoms with Crippen LogP contribution in [-0.4, -0.2) is 25.4 Å². The van der Waals surface area contributed by atoms with E-state index in [0.717, 1.165) is 6.26 Å². The molecule has 0 N–H and O–H groups in total. The number of ketones is 1. The van der Waals surface area contributed by atoms with Gasteiger partial charge in [-0.25, -0.2) is 8.42 Å². The molecule has 1 heterocycles. The van der Waals surface area contributed by atoms with Crippen LogP contribution in [0.4, 0.5) is 0 Å². The predicted octanol–water partition coefficient (Wildman–Crippen LogP) is 1.72. The predicted molar refractivity (Wildman–Crippen MR) is 67.2 cm³/mol. The highest BCUT2D eigenvalue weighted by molar-refractivity contribution is 7.90. The Bertz CT molecular complexity index is 661. The van der Waals surface area contributed by atoms with Crippen molar-refractivity contribution in [2.24, 2.45) is 0 Å². The Labute approximate surface area is 105 Å². The molecule has 1 aromatic heterocycles. The van der Waals surface area contributed by atoms with Crippen molar-refractivity contribution in [1.82, 2.24) is 4.98 Å². The maximum absolute atomic E-state index is 12.0. The number of aromatic nitrogens is 1. The Morgan fingerprint density at radius 2 is 1.72 bits per heavy atom. The highest BCUT2D eigenvalue weighted by atomic mass is 32.2. The van der Waals surface area contributed by atoms with E-state index < -0.39 is 9.84 Å². The summed E-state index contributed by atoms with van der Waals surface area (Å²) in [5.41, 5.74) is 0.917. The van der Waals surface area contributed by atoms with Crippen LogP contribution in [0.25, 0.3) is 0 Å². The number of hydrogen-bond donors (Lipinski definition) is 0. The molecule has 0 bridgehead atoms. The molecule has 0 atom stereocenters. The molecule has 1 aromatic carbocycles. The maximum atomic E-state index is 12.0. The van der Waals surface area contributed by atoms with Crippen LogP contribution in [0.15, 0.2) is 53.7 Å². The van der Waals surface area contributed by atoms with E-state index in [9.17, 15) is 13.2 Å². The molecule has 0 fully saturated rings. The van der Waals surface area contributed by atoms with Crippen molar-refractivity contribution in [3.8, 4) is 0 Å². The Balaban J connectivity index is 2.34. The van der Waals surface area contributed by atoms with Crippen LogP contribution in [-0.2, 0) is 9.84 Å². The fourth-order valence-corrected chi connectivity index (χ4v) is 2.15. The first-order valence-electron chi connectivity index (χ1n) is 5.23. The third kappa shape index (κ3) is 2.62. The molecule has 0 aliphatic carbocycles. The number of pyridine rings is 1. The summed E-state index contributed by atoms with van der Waals surface area (Å²) in [6, 6.07) is 9.22. The second kappa shape index (κ2) is 4.70. The van der Waals surface area contributed by atoms with Gasteiger partial charge in [0, 0.05) is 29.8 Å². The Morgan fingerprint density at radius 3 is 2.22 bits per heavy atom. The highest BCUT2D eigenvalue weighted by Gasteiger charge is 2.11. The van der Waals surface area contributed by atoms with Crippen molar-refractivity contribution in [3.63, 3.8) is 0 Å². The molecule has 2 aromatic rings. The van der Waals surface area contributed by atoms with Gasteiger partial charge in [-0.3, -0.25) is 9.78 Å². The van der Waals surface area contributed by atoms with Gasteiger partial charge < -0.3 is 0 Å². The van der Waals surface area contributed by atoms with Crippen molar-refractivity contribution in [2.75, 3.05) is 6.26 Å². The van der Waals surface area contributed by atoms with Crippen LogP contribution in [0, 0.1) is 0 Å². The lowest BCUT2D eigenvalue weighted by Crippen LogP contribution is -2.03. The molecular weight excluding hydrogens is 250 g/mol. The van der Waals surface area contributed by atoms with Gasteiger partial charge in [0.2, 0.25) is 0 Å². The van der Waals surface area contributed by atoms with E-state index in [1.165, 1.54) is 30.5 Å². The molecular formula is C13H11NO3S. The van der Waals surface area contributed by atoms with E-state index >= 15 is 0 Å². The summed E-state index contributed by atoms with van der Waals surface area (Å²) in [4.78, 5) is 16.1. The van der Waals surface area contributed by atoms with E-state index in [2.05, 4.69) is 4.98 Å². The smallest absolute Gasteiger partial charge is 0.194 e. The Hall–Kier alpha value is -2.01. The zero-order chi connectivity index (χ0) is 13.2. The first-order chi connectivity index (χ1) is 8.48. The molecule has 92 valence electrons. The van der Waals surface area contributed by atoms with Crippen LogP contribution in [0.1, 0.15) is 15.9 Å². The monoisotopic (exact) mass is 261 g/mol. The van der Waals surface area contributed by atoms with Gasteiger partial charge in [0.15, 0.2) is 15.6 Å². The number of sulfone groups is 1. The molecule has 0 spiro atoms. The van der Waals surface area contributed by atoms with E-state index in [0.29, 0.717) is 11.1 Å². The van der Waals surface area contributed by atoms with Crippen molar-refractivity contribution in [2.45, 2.75) is 4.90 Å². The lowest BCUT2D eigenvalue weighted by molar-refractivity contribution is 0.103. The molecule has 0 saturated heterocycles. The summed E-state index contributed by atoms with van der Waals surface area (Å²) < 4.78 is 22.6. The van der Waals surface area contributed by atoms with E-state index in [1.807, 2.05) is 0 Å². The Kier molecular flexibility index (Phi) is 3.25. The Morgan fingerprint density at radius 1 is 1.06 bits per heavy atom. The first kappa shape index (κ1) is 12.4. The van der Waals surface area contributed by atoms with Crippen molar-refractivity contribution in [3.05, 3.63) is 59.9 Å². The minimum absolute atomic E-state index is 0.178. The quantitative estimate of drug-likeness (QED) is 0.789. The lowest BCUT2D eigenvalue weighted by atomic mass is 10.1. The molecule has 0 aliphatic rings. The normalized spacial score (nSPS) is 11.2. The van der Waals surface area contributed by atoms with E-state index in [-0.39, 0.29) is 10.7 Å². The van der Waals surface area contributed by atoms with Gasteiger partial charge in [-0.2, -0.15) is 0 Å². The zero-order valence-electron chi connectivity index (χ0n) is 9.70.